The minimum Gasteiger partial charge on any atom is -0.491 e. The molecule has 0 spiro atoms. The highest BCUT2D eigenvalue weighted by Crippen LogP contribution is 2.28. The van der Waals surface area contributed by atoms with Crippen LogP contribution in [0.3, 0.4) is 0 Å². The van der Waals surface area contributed by atoms with Crippen LogP contribution < -0.4 is 4.74 Å². The van der Waals surface area contributed by atoms with E-state index in [-0.39, 0.29) is 11.7 Å². The standard InChI is InChI=1S/C17H16F2O2/c1-11(2)21-15-7-8-16(14(9-15)10-20)12-3-5-13(6-4-12)17(18)19/h3-11,17H,1-2H3. The first-order valence-electron chi connectivity index (χ1n) is 6.65. The number of carbonyl (C=O) groups excluding carboxylic acids is 1. The van der Waals surface area contributed by atoms with Gasteiger partial charge in [-0.3, -0.25) is 4.79 Å². The van der Waals surface area contributed by atoms with Crippen LogP contribution in [0.2, 0.25) is 0 Å². The Balaban J connectivity index is 2.36. The van der Waals surface area contributed by atoms with E-state index in [9.17, 15) is 13.6 Å². The smallest absolute Gasteiger partial charge is 0.263 e. The first-order chi connectivity index (χ1) is 10.0. The van der Waals surface area contributed by atoms with Crippen LogP contribution in [-0.2, 0) is 0 Å². The summed E-state index contributed by atoms with van der Waals surface area (Å²) in [7, 11) is 0. The maximum atomic E-state index is 12.5. The fraction of sp³-hybridized carbons (Fsp3) is 0.235. The Kier molecular flexibility index (Phi) is 4.68. The number of benzene rings is 2. The number of ether oxygens (including phenoxy) is 1. The molecule has 2 nitrogen and oxygen atoms in total. The maximum Gasteiger partial charge on any atom is 0.263 e. The third-order valence-corrected chi connectivity index (χ3v) is 3.00. The Morgan fingerprint density at radius 2 is 1.71 bits per heavy atom. The summed E-state index contributed by atoms with van der Waals surface area (Å²) in [4.78, 5) is 11.2. The molecule has 2 aromatic rings. The molecular weight excluding hydrogens is 274 g/mol. The van der Waals surface area contributed by atoms with Crippen LogP contribution in [0.5, 0.6) is 5.75 Å². The molecule has 0 amide bonds. The molecule has 4 heteroatoms. The van der Waals surface area contributed by atoms with Gasteiger partial charge in [-0.05, 0) is 43.2 Å². The molecule has 2 rings (SSSR count). The molecule has 0 unspecified atom stereocenters. The van der Waals surface area contributed by atoms with Crippen molar-refractivity contribution in [2.75, 3.05) is 0 Å². The van der Waals surface area contributed by atoms with E-state index in [1.165, 1.54) is 12.1 Å². The third kappa shape index (κ3) is 3.66. The molecule has 21 heavy (non-hydrogen) atoms. The van der Waals surface area contributed by atoms with Crippen molar-refractivity contribution in [1.82, 2.24) is 0 Å². The molecule has 0 saturated carbocycles. The average Bonchev–Trinajstić information content (AvgIpc) is 2.46. The predicted molar refractivity (Wildman–Crippen MR) is 78.0 cm³/mol. The van der Waals surface area contributed by atoms with Gasteiger partial charge in [0.15, 0.2) is 6.29 Å². The van der Waals surface area contributed by atoms with Gasteiger partial charge in [-0.1, -0.05) is 24.3 Å². The fourth-order valence-electron chi connectivity index (χ4n) is 2.05. The number of hydrogen-bond acceptors (Lipinski definition) is 2. The van der Waals surface area contributed by atoms with Gasteiger partial charge >= 0.3 is 0 Å². The summed E-state index contributed by atoms with van der Waals surface area (Å²) in [6, 6.07) is 11.1. The van der Waals surface area contributed by atoms with Crippen molar-refractivity contribution < 1.29 is 18.3 Å². The minimum absolute atomic E-state index is 0.0145. The summed E-state index contributed by atoms with van der Waals surface area (Å²) in [5.41, 5.74) is 1.85. The van der Waals surface area contributed by atoms with Crippen molar-refractivity contribution in [3.05, 3.63) is 53.6 Å². The van der Waals surface area contributed by atoms with Crippen molar-refractivity contribution in [2.45, 2.75) is 26.4 Å². The molecule has 0 saturated heterocycles. The Morgan fingerprint density at radius 1 is 1.05 bits per heavy atom. The Morgan fingerprint density at radius 3 is 2.24 bits per heavy atom. The summed E-state index contributed by atoms with van der Waals surface area (Å²) < 4.78 is 30.6. The molecule has 0 aliphatic heterocycles. The normalized spacial score (nSPS) is 11.0. The Hall–Kier alpha value is -2.23. The summed E-state index contributed by atoms with van der Waals surface area (Å²) in [5.74, 6) is 0.611. The number of alkyl halides is 2. The zero-order valence-electron chi connectivity index (χ0n) is 11.8. The van der Waals surface area contributed by atoms with Gasteiger partial charge in [0.25, 0.3) is 6.43 Å². The first-order valence-corrected chi connectivity index (χ1v) is 6.65. The summed E-state index contributed by atoms with van der Waals surface area (Å²) in [6.45, 7) is 3.80. The summed E-state index contributed by atoms with van der Waals surface area (Å²) >= 11 is 0. The molecule has 0 N–H and O–H groups in total. The Bertz CT molecular complexity index is 619. The van der Waals surface area contributed by atoms with Crippen molar-refractivity contribution >= 4 is 6.29 Å². The quantitative estimate of drug-likeness (QED) is 0.733. The minimum atomic E-state index is -2.49. The van der Waals surface area contributed by atoms with Crippen molar-refractivity contribution in [1.29, 1.82) is 0 Å². The van der Waals surface area contributed by atoms with Gasteiger partial charge in [0.1, 0.15) is 5.75 Å². The van der Waals surface area contributed by atoms with E-state index in [4.69, 9.17) is 4.74 Å². The van der Waals surface area contributed by atoms with Crippen LogP contribution in [0.25, 0.3) is 11.1 Å². The summed E-state index contributed by atoms with van der Waals surface area (Å²) in [6.07, 6.45) is -1.74. The maximum absolute atomic E-state index is 12.5. The molecule has 0 aliphatic rings. The largest absolute Gasteiger partial charge is 0.491 e. The molecule has 0 radical (unpaired) electrons. The molecule has 0 aliphatic carbocycles. The lowest BCUT2D eigenvalue weighted by Crippen LogP contribution is -2.05. The van der Waals surface area contributed by atoms with Gasteiger partial charge in [0.2, 0.25) is 0 Å². The van der Waals surface area contributed by atoms with Crippen molar-refractivity contribution in [3.63, 3.8) is 0 Å². The highest BCUT2D eigenvalue weighted by atomic mass is 19.3. The van der Waals surface area contributed by atoms with Crippen LogP contribution in [0.1, 0.15) is 36.2 Å². The molecular formula is C17H16F2O2. The van der Waals surface area contributed by atoms with Gasteiger partial charge in [-0.2, -0.15) is 0 Å². The SMILES string of the molecule is CC(C)Oc1ccc(-c2ccc(C(F)F)cc2)c(C=O)c1. The molecule has 0 heterocycles. The van der Waals surface area contributed by atoms with Crippen LogP contribution in [0.4, 0.5) is 8.78 Å². The molecule has 2 aromatic carbocycles. The lowest BCUT2D eigenvalue weighted by molar-refractivity contribution is 0.112. The molecule has 110 valence electrons. The zero-order valence-corrected chi connectivity index (χ0v) is 11.8. The monoisotopic (exact) mass is 290 g/mol. The number of hydrogen-bond donors (Lipinski definition) is 0. The van der Waals surface area contributed by atoms with Gasteiger partial charge in [-0.25, -0.2) is 8.78 Å². The van der Waals surface area contributed by atoms with E-state index in [1.54, 1.807) is 30.3 Å². The molecule has 0 bridgehead atoms. The second kappa shape index (κ2) is 6.48. The average molecular weight is 290 g/mol. The van der Waals surface area contributed by atoms with Gasteiger partial charge in [0.05, 0.1) is 6.10 Å². The predicted octanol–water partition coefficient (Wildman–Crippen LogP) is 4.89. The van der Waals surface area contributed by atoms with E-state index in [0.29, 0.717) is 16.9 Å². The van der Waals surface area contributed by atoms with Crippen LogP contribution >= 0.6 is 0 Å². The van der Waals surface area contributed by atoms with E-state index in [0.717, 1.165) is 11.8 Å². The van der Waals surface area contributed by atoms with E-state index >= 15 is 0 Å². The number of aldehydes is 1. The second-order valence-electron chi connectivity index (χ2n) is 4.96. The van der Waals surface area contributed by atoms with E-state index in [1.807, 2.05) is 13.8 Å². The second-order valence-corrected chi connectivity index (χ2v) is 4.96. The van der Waals surface area contributed by atoms with Crippen molar-refractivity contribution in [3.8, 4) is 16.9 Å². The topological polar surface area (TPSA) is 26.3 Å². The highest BCUT2D eigenvalue weighted by molar-refractivity contribution is 5.88. The molecule has 0 atom stereocenters. The number of halogens is 2. The fourth-order valence-corrected chi connectivity index (χ4v) is 2.05. The number of carbonyl (C=O) groups is 1. The van der Waals surface area contributed by atoms with Gasteiger partial charge in [-0.15, -0.1) is 0 Å². The van der Waals surface area contributed by atoms with Gasteiger partial charge in [0, 0.05) is 11.1 Å². The zero-order chi connectivity index (χ0) is 15.4. The molecule has 0 aromatic heterocycles. The lowest BCUT2D eigenvalue weighted by atomic mass is 9.99. The van der Waals surface area contributed by atoms with Crippen LogP contribution in [0, 0.1) is 0 Å². The summed E-state index contributed by atoms with van der Waals surface area (Å²) in [5, 5.41) is 0. The van der Waals surface area contributed by atoms with Crippen LogP contribution in [0.15, 0.2) is 42.5 Å². The molecule has 0 fully saturated rings. The van der Waals surface area contributed by atoms with Gasteiger partial charge < -0.3 is 4.74 Å². The van der Waals surface area contributed by atoms with Crippen LogP contribution in [-0.4, -0.2) is 12.4 Å². The first kappa shape index (κ1) is 15.2. The lowest BCUT2D eigenvalue weighted by Gasteiger charge is -2.12. The third-order valence-electron chi connectivity index (χ3n) is 3.00. The van der Waals surface area contributed by atoms with E-state index in [2.05, 4.69) is 0 Å². The van der Waals surface area contributed by atoms with E-state index < -0.39 is 6.43 Å². The van der Waals surface area contributed by atoms with Crippen molar-refractivity contribution in [2.24, 2.45) is 0 Å². The number of rotatable bonds is 5. The Labute approximate surface area is 122 Å². The highest BCUT2D eigenvalue weighted by Gasteiger charge is 2.10.